The molecule has 0 heterocycles. The van der Waals surface area contributed by atoms with Crippen LogP contribution in [-0.2, 0) is 19.3 Å². The third kappa shape index (κ3) is 5.24. The lowest BCUT2D eigenvalue weighted by Gasteiger charge is -2.09. The molecule has 0 aliphatic heterocycles. The predicted molar refractivity (Wildman–Crippen MR) is 64.2 cm³/mol. The Hall–Kier alpha value is -0.990. The smallest absolute Gasteiger partial charge is 0.171 e. The maximum Gasteiger partial charge on any atom is 0.389 e. The fourth-order valence-electron chi connectivity index (χ4n) is 1.88. The van der Waals surface area contributed by atoms with Crippen molar-refractivity contribution < 1.29 is 13.2 Å². The summed E-state index contributed by atoms with van der Waals surface area (Å²) < 4.78 is 36.1. The van der Waals surface area contributed by atoms with E-state index in [1.807, 2.05) is 12.1 Å². The zero-order chi connectivity index (χ0) is 12.9. The molecule has 1 rings (SSSR count). The molecule has 0 nitrogen and oxygen atoms in total. The lowest BCUT2D eigenvalue weighted by Crippen LogP contribution is -2.07. The zero-order valence-electron chi connectivity index (χ0n) is 10.4. The molecule has 0 radical (unpaired) electrons. The van der Waals surface area contributed by atoms with Gasteiger partial charge in [-0.2, -0.15) is 13.2 Å². The van der Waals surface area contributed by atoms with Crippen molar-refractivity contribution in [3.05, 3.63) is 34.9 Å². The zero-order valence-corrected chi connectivity index (χ0v) is 10.4. The standard InChI is InChI=1S/C14H19F3/c1-3-11-8-12(4-2)10-13(9-11)6-5-7-14(15,16)17/h8-10H,3-7H2,1-2H3. The molecule has 1 aromatic carbocycles. The second kappa shape index (κ2) is 6.08. The van der Waals surface area contributed by atoms with Crippen molar-refractivity contribution in [1.82, 2.24) is 0 Å². The summed E-state index contributed by atoms with van der Waals surface area (Å²) in [6.45, 7) is 4.13. The first kappa shape index (κ1) is 14.1. The van der Waals surface area contributed by atoms with E-state index in [0.717, 1.165) is 18.4 Å². The minimum atomic E-state index is -4.03. The normalized spacial score (nSPS) is 11.8. The minimum Gasteiger partial charge on any atom is -0.171 e. The molecule has 17 heavy (non-hydrogen) atoms. The Morgan fingerprint density at radius 1 is 0.882 bits per heavy atom. The van der Waals surface area contributed by atoms with E-state index >= 15 is 0 Å². The van der Waals surface area contributed by atoms with Gasteiger partial charge < -0.3 is 0 Å². The van der Waals surface area contributed by atoms with E-state index in [2.05, 4.69) is 19.9 Å². The quantitative estimate of drug-likeness (QED) is 0.704. The molecule has 1 aromatic rings. The number of halogens is 3. The molecule has 0 saturated heterocycles. The maximum atomic E-state index is 12.0. The molecule has 0 aliphatic carbocycles. The Bertz CT molecular complexity index is 331. The van der Waals surface area contributed by atoms with E-state index in [1.54, 1.807) is 0 Å². The van der Waals surface area contributed by atoms with Crippen molar-refractivity contribution in [2.75, 3.05) is 0 Å². The van der Waals surface area contributed by atoms with Crippen LogP contribution in [0.3, 0.4) is 0 Å². The van der Waals surface area contributed by atoms with E-state index < -0.39 is 12.6 Å². The Labute approximate surface area is 101 Å². The van der Waals surface area contributed by atoms with Crippen molar-refractivity contribution in [1.29, 1.82) is 0 Å². The van der Waals surface area contributed by atoms with E-state index in [0.29, 0.717) is 6.42 Å². The van der Waals surface area contributed by atoms with Crippen molar-refractivity contribution in [2.24, 2.45) is 0 Å². The number of rotatable bonds is 5. The van der Waals surface area contributed by atoms with Crippen LogP contribution in [0.15, 0.2) is 18.2 Å². The summed E-state index contributed by atoms with van der Waals surface area (Å²) in [5.74, 6) is 0. The molecule has 0 saturated carbocycles. The fraction of sp³-hybridized carbons (Fsp3) is 0.571. The maximum absolute atomic E-state index is 12.0. The number of aryl methyl sites for hydroxylation is 3. The molecule has 0 fully saturated rings. The van der Waals surface area contributed by atoms with Gasteiger partial charge in [0.25, 0.3) is 0 Å². The predicted octanol–water partition coefficient (Wildman–Crippen LogP) is 4.70. The lowest BCUT2D eigenvalue weighted by molar-refractivity contribution is -0.135. The van der Waals surface area contributed by atoms with Crippen molar-refractivity contribution >= 4 is 0 Å². The highest BCUT2D eigenvalue weighted by Crippen LogP contribution is 2.23. The highest BCUT2D eigenvalue weighted by Gasteiger charge is 2.25. The lowest BCUT2D eigenvalue weighted by atomic mass is 9.99. The van der Waals surface area contributed by atoms with Crippen LogP contribution in [0.2, 0.25) is 0 Å². The first-order valence-electron chi connectivity index (χ1n) is 6.13. The van der Waals surface area contributed by atoms with Crippen LogP contribution in [0, 0.1) is 0 Å². The van der Waals surface area contributed by atoms with Crippen LogP contribution in [-0.4, -0.2) is 6.18 Å². The average Bonchev–Trinajstić information content (AvgIpc) is 2.26. The number of hydrogen-bond acceptors (Lipinski definition) is 0. The van der Waals surface area contributed by atoms with Gasteiger partial charge in [-0.3, -0.25) is 0 Å². The van der Waals surface area contributed by atoms with Crippen LogP contribution >= 0.6 is 0 Å². The van der Waals surface area contributed by atoms with Crippen LogP contribution in [0.5, 0.6) is 0 Å². The number of hydrogen-bond donors (Lipinski definition) is 0. The summed E-state index contributed by atoms with van der Waals surface area (Å²) >= 11 is 0. The van der Waals surface area contributed by atoms with Gasteiger partial charge in [0.05, 0.1) is 0 Å². The molecule has 0 aromatic heterocycles. The Kier molecular flexibility index (Phi) is 5.03. The van der Waals surface area contributed by atoms with Crippen LogP contribution < -0.4 is 0 Å². The molecular weight excluding hydrogens is 225 g/mol. The molecule has 0 N–H and O–H groups in total. The Balaban J connectivity index is 2.64. The largest absolute Gasteiger partial charge is 0.389 e. The van der Waals surface area contributed by atoms with E-state index in [1.165, 1.54) is 11.1 Å². The Morgan fingerprint density at radius 3 is 1.76 bits per heavy atom. The summed E-state index contributed by atoms with van der Waals surface area (Å²) in [7, 11) is 0. The molecule has 96 valence electrons. The van der Waals surface area contributed by atoms with Crippen LogP contribution in [0.1, 0.15) is 43.4 Å². The summed E-state index contributed by atoms with van der Waals surface area (Å²) in [6, 6.07) is 6.18. The summed E-state index contributed by atoms with van der Waals surface area (Å²) in [5, 5.41) is 0. The third-order valence-electron chi connectivity index (χ3n) is 2.85. The first-order valence-corrected chi connectivity index (χ1v) is 6.13. The highest BCUT2D eigenvalue weighted by atomic mass is 19.4. The topological polar surface area (TPSA) is 0 Å². The average molecular weight is 244 g/mol. The van der Waals surface area contributed by atoms with Gasteiger partial charge >= 0.3 is 6.18 Å². The summed E-state index contributed by atoms with van der Waals surface area (Å²) in [5.41, 5.74) is 3.46. The van der Waals surface area contributed by atoms with Gasteiger partial charge in [-0.15, -0.1) is 0 Å². The van der Waals surface area contributed by atoms with Gasteiger partial charge in [-0.1, -0.05) is 32.0 Å². The molecule has 0 spiro atoms. The second-order valence-corrected chi connectivity index (χ2v) is 4.33. The monoisotopic (exact) mass is 244 g/mol. The molecule has 0 bridgehead atoms. The van der Waals surface area contributed by atoms with Gasteiger partial charge in [0.1, 0.15) is 0 Å². The number of benzene rings is 1. The van der Waals surface area contributed by atoms with Gasteiger partial charge in [-0.05, 0) is 42.4 Å². The fourth-order valence-corrected chi connectivity index (χ4v) is 1.88. The van der Waals surface area contributed by atoms with Gasteiger partial charge in [0, 0.05) is 6.42 Å². The highest BCUT2D eigenvalue weighted by molar-refractivity contribution is 5.30. The van der Waals surface area contributed by atoms with Crippen LogP contribution in [0.25, 0.3) is 0 Å². The molecule has 0 aliphatic rings. The molecule has 0 unspecified atom stereocenters. The minimum absolute atomic E-state index is 0.180. The van der Waals surface area contributed by atoms with Gasteiger partial charge in [0.15, 0.2) is 0 Å². The van der Waals surface area contributed by atoms with Gasteiger partial charge in [-0.25, -0.2) is 0 Å². The van der Waals surface area contributed by atoms with E-state index in [9.17, 15) is 13.2 Å². The summed E-state index contributed by atoms with van der Waals surface area (Å²) in [4.78, 5) is 0. The van der Waals surface area contributed by atoms with E-state index in [4.69, 9.17) is 0 Å². The molecule has 3 heteroatoms. The SMILES string of the molecule is CCc1cc(CC)cc(CCCC(F)(F)F)c1. The molecular formula is C14H19F3. The first-order chi connectivity index (χ1) is 7.94. The summed E-state index contributed by atoms with van der Waals surface area (Å²) in [6.07, 6.45) is -2.17. The van der Waals surface area contributed by atoms with E-state index in [-0.39, 0.29) is 6.42 Å². The molecule has 0 atom stereocenters. The third-order valence-corrected chi connectivity index (χ3v) is 2.85. The Morgan fingerprint density at radius 2 is 1.35 bits per heavy atom. The van der Waals surface area contributed by atoms with Crippen molar-refractivity contribution in [3.63, 3.8) is 0 Å². The molecule has 0 amide bonds. The number of alkyl halides is 3. The van der Waals surface area contributed by atoms with Crippen LogP contribution in [0.4, 0.5) is 13.2 Å². The second-order valence-electron chi connectivity index (χ2n) is 4.33. The van der Waals surface area contributed by atoms with Crippen molar-refractivity contribution in [2.45, 2.75) is 52.1 Å². The van der Waals surface area contributed by atoms with Crippen molar-refractivity contribution in [3.8, 4) is 0 Å². The van der Waals surface area contributed by atoms with Gasteiger partial charge in [0.2, 0.25) is 0 Å².